The van der Waals surface area contributed by atoms with Crippen molar-refractivity contribution in [1.29, 1.82) is 0 Å². The summed E-state index contributed by atoms with van der Waals surface area (Å²) in [5.41, 5.74) is 1.83. The Morgan fingerprint density at radius 3 is 2.95 bits per heavy atom. The first-order chi connectivity index (χ1) is 9.08. The van der Waals surface area contributed by atoms with Gasteiger partial charge in [0.1, 0.15) is 0 Å². The molecule has 0 amide bonds. The molecule has 2 heterocycles. The lowest BCUT2D eigenvalue weighted by molar-refractivity contribution is -0.384. The number of nitrogens with one attached hydrogen (secondary N) is 1. The summed E-state index contributed by atoms with van der Waals surface area (Å²) in [6.07, 6.45) is 4.06. The molecule has 0 saturated carbocycles. The molecular weight excluding hydrogens is 246 g/mol. The molecule has 0 aliphatic rings. The number of nitrogens with zero attached hydrogens (tertiary/aromatic N) is 4. The van der Waals surface area contributed by atoms with Crippen molar-refractivity contribution >= 4 is 11.5 Å². The van der Waals surface area contributed by atoms with Gasteiger partial charge in [-0.05, 0) is 18.6 Å². The van der Waals surface area contributed by atoms with E-state index in [0.717, 1.165) is 17.7 Å². The monoisotopic (exact) mass is 261 g/mol. The molecule has 0 saturated heterocycles. The van der Waals surface area contributed by atoms with Crippen molar-refractivity contribution in [1.82, 2.24) is 14.8 Å². The van der Waals surface area contributed by atoms with Crippen LogP contribution in [0, 0.1) is 17.0 Å². The lowest BCUT2D eigenvalue weighted by atomic mass is 10.2. The summed E-state index contributed by atoms with van der Waals surface area (Å²) >= 11 is 0. The van der Waals surface area contributed by atoms with Crippen LogP contribution in [0.1, 0.15) is 11.3 Å². The van der Waals surface area contributed by atoms with Gasteiger partial charge >= 0.3 is 5.69 Å². The molecular formula is C12H15N5O2. The van der Waals surface area contributed by atoms with Crippen LogP contribution in [0.25, 0.3) is 0 Å². The Bertz CT molecular complexity index is 594. The molecule has 0 atom stereocenters. The highest BCUT2D eigenvalue weighted by Crippen LogP contribution is 2.22. The molecule has 0 unspecified atom stereocenters. The smallest absolute Gasteiger partial charge is 0.311 e. The summed E-state index contributed by atoms with van der Waals surface area (Å²) in [6, 6.07) is 3.43. The van der Waals surface area contributed by atoms with E-state index >= 15 is 0 Å². The maximum absolute atomic E-state index is 10.9. The fourth-order valence-electron chi connectivity index (χ4n) is 1.78. The molecule has 2 rings (SSSR count). The highest BCUT2D eigenvalue weighted by molar-refractivity contribution is 5.56. The van der Waals surface area contributed by atoms with E-state index in [9.17, 15) is 10.1 Å². The molecule has 1 N–H and O–H groups in total. The van der Waals surface area contributed by atoms with Crippen LogP contribution < -0.4 is 5.32 Å². The number of hydrogen-bond acceptors (Lipinski definition) is 5. The van der Waals surface area contributed by atoms with Crippen molar-refractivity contribution in [2.24, 2.45) is 7.05 Å². The van der Waals surface area contributed by atoms with E-state index in [1.165, 1.54) is 6.07 Å². The van der Waals surface area contributed by atoms with E-state index < -0.39 is 4.92 Å². The summed E-state index contributed by atoms with van der Waals surface area (Å²) < 4.78 is 1.78. The minimum Gasteiger partial charge on any atom is -0.364 e. The summed E-state index contributed by atoms with van der Waals surface area (Å²) in [5.74, 6) is 0.303. The molecule has 0 aliphatic heterocycles. The normalized spacial score (nSPS) is 10.4. The van der Waals surface area contributed by atoms with E-state index in [1.807, 2.05) is 13.1 Å². The molecule has 0 aliphatic carbocycles. The van der Waals surface area contributed by atoms with Gasteiger partial charge in [-0.3, -0.25) is 14.8 Å². The number of nitro groups is 1. The number of rotatable bonds is 5. The predicted molar refractivity (Wildman–Crippen MR) is 71.0 cm³/mol. The molecule has 2 aromatic rings. The zero-order valence-corrected chi connectivity index (χ0v) is 10.8. The topological polar surface area (TPSA) is 85.9 Å². The largest absolute Gasteiger partial charge is 0.364 e. The first kappa shape index (κ1) is 13.0. The average Bonchev–Trinajstić information content (AvgIpc) is 2.77. The van der Waals surface area contributed by atoms with Gasteiger partial charge in [0.15, 0.2) is 0 Å². The second-order valence-corrected chi connectivity index (χ2v) is 4.26. The molecule has 19 heavy (non-hydrogen) atoms. The first-order valence-electron chi connectivity index (χ1n) is 5.89. The minimum absolute atomic E-state index is 0.00464. The highest BCUT2D eigenvalue weighted by atomic mass is 16.6. The van der Waals surface area contributed by atoms with Crippen LogP contribution in [-0.2, 0) is 13.5 Å². The van der Waals surface area contributed by atoms with Gasteiger partial charge < -0.3 is 5.32 Å². The van der Waals surface area contributed by atoms with E-state index in [1.54, 1.807) is 24.0 Å². The lowest BCUT2D eigenvalue weighted by Gasteiger charge is -2.06. The van der Waals surface area contributed by atoms with Crippen molar-refractivity contribution < 1.29 is 4.92 Å². The average molecular weight is 261 g/mol. The maximum Gasteiger partial charge on any atom is 0.311 e. The molecule has 7 nitrogen and oxygen atoms in total. The lowest BCUT2D eigenvalue weighted by Crippen LogP contribution is -2.10. The summed E-state index contributed by atoms with van der Waals surface area (Å²) in [4.78, 5) is 14.6. The predicted octanol–water partition coefficient (Wildman–Crippen LogP) is 1.69. The van der Waals surface area contributed by atoms with Crippen LogP contribution in [0.4, 0.5) is 11.5 Å². The minimum atomic E-state index is -0.424. The second-order valence-electron chi connectivity index (χ2n) is 4.26. The number of pyridine rings is 1. The summed E-state index contributed by atoms with van der Waals surface area (Å²) in [5, 5.41) is 18.0. The first-order valence-corrected chi connectivity index (χ1v) is 5.89. The Labute approximate surface area is 110 Å². The van der Waals surface area contributed by atoms with Crippen molar-refractivity contribution in [3.8, 4) is 0 Å². The number of aryl methyl sites for hydroxylation is 2. The van der Waals surface area contributed by atoms with E-state index in [4.69, 9.17) is 0 Å². The van der Waals surface area contributed by atoms with E-state index in [0.29, 0.717) is 12.4 Å². The summed E-state index contributed by atoms with van der Waals surface area (Å²) in [6.45, 7) is 2.34. The standard InChI is InChI=1S/C12H15N5O2/c1-9-7-11(17(18)19)12(14-8-9)13-5-3-10-4-6-15-16(10)2/h4,6-8H,3,5H2,1-2H3,(H,13,14). The van der Waals surface area contributed by atoms with E-state index in [2.05, 4.69) is 15.4 Å². The molecule has 7 heteroatoms. The molecule has 0 spiro atoms. The maximum atomic E-state index is 10.9. The fourth-order valence-corrected chi connectivity index (χ4v) is 1.78. The number of anilines is 1. The Balaban J connectivity index is 2.03. The molecule has 0 radical (unpaired) electrons. The third-order valence-electron chi connectivity index (χ3n) is 2.80. The van der Waals surface area contributed by atoms with Gasteiger partial charge in [0.05, 0.1) is 4.92 Å². The number of hydrogen-bond donors (Lipinski definition) is 1. The third kappa shape index (κ3) is 3.06. The Kier molecular flexibility index (Phi) is 3.74. The van der Waals surface area contributed by atoms with Crippen LogP contribution in [0.2, 0.25) is 0 Å². The molecule has 0 bridgehead atoms. The van der Waals surface area contributed by atoms with Crippen LogP contribution in [0.3, 0.4) is 0 Å². The van der Waals surface area contributed by atoms with Gasteiger partial charge in [-0.1, -0.05) is 0 Å². The second kappa shape index (κ2) is 5.47. The van der Waals surface area contributed by atoms with Gasteiger partial charge in [-0.15, -0.1) is 0 Å². The van der Waals surface area contributed by atoms with E-state index in [-0.39, 0.29) is 5.69 Å². The molecule has 100 valence electrons. The van der Waals surface area contributed by atoms with Crippen LogP contribution >= 0.6 is 0 Å². The third-order valence-corrected chi connectivity index (χ3v) is 2.80. The molecule has 0 aromatic carbocycles. The van der Waals surface area contributed by atoms with Crippen molar-refractivity contribution in [3.63, 3.8) is 0 Å². The zero-order valence-electron chi connectivity index (χ0n) is 10.8. The Morgan fingerprint density at radius 1 is 1.53 bits per heavy atom. The van der Waals surface area contributed by atoms with Crippen molar-refractivity contribution in [2.75, 3.05) is 11.9 Å². The van der Waals surface area contributed by atoms with Crippen LogP contribution in [0.15, 0.2) is 24.5 Å². The summed E-state index contributed by atoms with van der Waals surface area (Å²) in [7, 11) is 1.86. The van der Waals surface area contributed by atoms with Crippen molar-refractivity contribution in [3.05, 3.63) is 45.9 Å². The Hall–Kier alpha value is -2.44. The molecule has 0 fully saturated rings. The Morgan fingerprint density at radius 2 is 2.32 bits per heavy atom. The fraction of sp³-hybridized carbons (Fsp3) is 0.333. The van der Waals surface area contributed by atoms with Gasteiger partial charge in [0, 0.05) is 44.2 Å². The van der Waals surface area contributed by atoms with Crippen LogP contribution in [0.5, 0.6) is 0 Å². The van der Waals surface area contributed by atoms with Gasteiger partial charge in [-0.2, -0.15) is 5.10 Å². The zero-order chi connectivity index (χ0) is 13.8. The van der Waals surface area contributed by atoms with Crippen molar-refractivity contribution in [2.45, 2.75) is 13.3 Å². The SMILES string of the molecule is Cc1cnc(NCCc2ccnn2C)c([N+](=O)[O-])c1. The van der Waals surface area contributed by atoms with Gasteiger partial charge in [0.25, 0.3) is 0 Å². The van der Waals surface area contributed by atoms with Gasteiger partial charge in [0.2, 0.25) is 5.82 Å². The van der Waals surface area contributed by atoms with Gasteiger partial charge in [-0.25, -0.2) is 4.98 Å². The quantitative estimate of drug-likeness (QED) is 0.653. The van der Waals surface area contributed by atoms with Crippen LogP contribution in [-0.4, -0.2) is 26.2 Å². The highest BCUT2D eigenvalue weighted by Gasteiger charge is 2.14. The molecule has 2 aromatic heterocycles. The number of aromatic nitrogens is 3.